The molecule has 27 heavy (non-hydrogen) atoms. The van der Waals surface area contributed by atoms with Crippen LogP contribution in [-0.2, 0) is 11.3 Å². The number of hydrogen-bond acceptors (Lipinski definition) is 7. The summed E-state index contributed by atoms with van der Waals surface area (Å²) in [5.41, 5.74) is 2.90. The molecule has 0 unspecified atom stereocenters. The zero-order chi connectivity index (χ0) is 19.1. The Bertz CT molecular complexity index is 900. The van der Waals surface area contributed by atoms with Crippen LogP contribution in [0.15, 0.2) is 52.9 Å². The number of benzene rings is 2. The average molecular weight is 401 g/mol. The van der Waals surface area contributed by atoms with E-state index in [0.717, 1.165) is 15.0 Å². The number of aromatic nitrogens is 2. The topological polar surface area (TPSA) is 76.1 Å². The maximum atomic E-state index is 12.2. The lowest BCUT2D eigenvalue weighted by molar-refractivity contribution is -0.113. The van der Waals surface area contributed by atoms with Crippen LogP contribution < -0.4 is 15.4 Å². The van der Waals surface area contributed by atoms with Crippen molar-refractivity contribution in [1.29, 1.82) is 0 Å². The van der Waals surface area contributed by atoms with Gasteiger partial charge in [-0.15, -0.1) is 10.2 Å². The largest absolute Gasteiger partial charge is 0.495 e. The van der Waals surface area contributed by atoms with Gasteiger partial charge in [0, 0.05) is 6.54 Å². The molecule has 0 aliphatic heterocycles. The van der Waals surface area contributed by atoms with Gasteiger partial charge in [0.25, 0.3) is 0 Å². The van der Waals surface area contributed by atoms with Crippen LogP contribution in [0.1, 0.15) is 11.1 Å². The van der Waals surface area contributed by atoms with Gasteiger partial charge >= 0.3 is 0 Å². The number of anilines is 2. The molecule has 140 valence electrons. The highest BCUT2D eigenvalue weighted by Crippen LogP contribution is 2.28. The van der Waals surface area contributed by atoms with Crippen LogP contribution in [0, 0.1) is 6.92 Å². The van der Waals surface area contributed by atoms with Crippen molar-refractivity contribution < 1.29 is 9.53 Å². The van der Waals surface area contributed by atoms with Crippen LogP contribution in [0.4, 0.5) is 10.8 Å². The number of carbonyl (C=O) groups excluding carboxylic acids is 1. The van der Waals surface area contributed by atoms with Gasteiger partial charge in [0.15, 0.2) is 4.34 Å². The summed E-state index contributed by atoms with van der Waals surface area (Å²) in [5, 5.41) is 15.1. The molecule has 2 aromatic carbocycles. The number of thioether (sulfide) groups is 1. The van der Waals surface area contributed by atoms with E-state index in [1.54, 1.807) is 7.11 Å². The van der Waals surface area contributed by atoms with Crippen LogP contribution in [0.2, 0.25) is 0 Å². The number of rotatable bonds is 8. The smallest absolute Gasteiger partial charge is 0.234 e. The molecule has 0 fully saturated rings. The third-order valence-electron chi connectivity index (χ3n) is 3.65. The molecule has 0 aliphatic rings. The molecular weight excluding hydrogens is 380 g/mol. The van der Waals surface area contributed by atoms with E-state index >= 15 is 0 Å². The van der Waals surface area contributed by atoms with Crippen molar-refractivity contribution in [2.24, 2.45) is 0 Å². The van der Waals surface area contributed by atoms with E-state index in [-0.39, 0.29) is 11.7 Å². The molecule has 8 heteroatoms. The SMILES string of the molecule is COc1ccc(C)cc1NC(=O)CSc1nnc(NCc2ccccc2)s1. The fourth-order valence-electron chi connectivity index (χ4n) is 2.35. The lowest BCUT2D eigenvalue weighted by Crippen LogP contribution is -2.14. The van der Waals surface area contributed by atoms with Crippen molar-refractivity contribution in [3.63, 3.8) is 0 Å². The van der Waals surface area contributed by atoms with E-state index in [9.17, 15) is 4.79 Å². The van der Waals surface area contributed by atoms with Crippen molar-refractivity contribution >= 4 is 39.8 Å². The third kappa shape index (κ3) is 5.70. The first-order chi connectivity index (χ1) is 13.1. The number of nitrogens with zero attached hydrogens (tertiary/aromatic N) is 2. The van der Waals surface area contributed by atoms with Crippen molar-refractivity contribution in [2.45, 2.75) is 17.8 Å². The zero-order valence-electron chi connectivity index (χ0n) is 15.1. The highest BCUT2D eigenvalue weighted by Gasteiger charge is 2.11. The monoisotopic (exact) mass is 400 g/mol. The molecule has 3 rings (SSSR count). The summed E-state index contributed by atoms with van der Waals surface area (Å²) in [6, 6.07) is 15.8. The summed E-state index contributed by atoms with van der Waals surface area (Å²) in [6.07, 6.45) is 0. The van der Waals surface area contributed by atoms with Gasteiger partial charge in [-0.2, -0.15) is 0 Å². The minimum absolute atomic E-state index is 0.113. The highest BCUT2D eigenvalue weighted by atomic mass is 32.2. The Kier molecular flexibility index (Phi) is 6.67. The van der Waals surface area contributed by atoms with Gasteiger partial charge in [0.05, 0.1) is 18.6 Å². The first-order valence-corrected chi connectivity index (χ1v) is 10.1. The van der Waals surface area contributed by atoms with E-state index in [1.807, 2.05) is 55.5 Å². The van der Waals surface area contributed by atoms with Crippen molar-refractivity contribution in [2.75, 3.05) is 23.5 Å². The molecule has 0 atom stereocenters. The van der Waals surface area contributed by atoms with E-state index < -0.39 is 0 Å². The Morgan fingerprint density at radius 1 is 1.19 bits per heavy atom. The van der Waals surface area contributed by atoms with Crippen molar-refractivity contribution in [3.8, 4) is 5.75 Å². The molecule has 0 radical (unpaired) electrons. The molecule has 2 N–H and O–H groups in total. The number of amides is 1. The lowest BCUT2D eigenvalue weighted by atomic mass is 10.2. The number of methoxy groups -OCH3 is 1. The summed E-state index contributed by atoms with van der Waals surface area (Å²) >= 11 is 2.80. The summed E-state index contributed by atoms with van der Waals surface area (Å²) in [4.78, 5) is 12.2. The molecule has 0 saturated carbocycles. The van der Waals surface area contributed by atoms with Gasteiger partial charge in [-0.05, 0) is 30.2 Å². The average Bonchev–Trinajstić information content (AvgIpc) is 3.14. The molecule has 1 amide bonds. The lowest BCUT2D eigenvalue weighted by Gasteiger charge is -2.10. The van der Waals surface area contributed by atoms with Crippen LogP contribution in [-0.4, -0.2) is 29.0 Å². The minimum atomic E-state index is -0.113. The standard InChI is InChI=1S/C19H20N4O2S2/c1-13-8-9-16(25-2)15(10-13)21-17(24)12-26-19-23-22-18(27-19)20-11-14-6-4-3-5-7-14/h3-10H,11-12H2,1-2H3,(H,20,22)(H,21,24). The van der Waals surface area contributed by atoms with Gasteiger partial charge in [-0.1, -0.05) is 59.5 Å². The summed E-state index contributed by atoms with van der Waals surface area (Å²) in [6.45, 7) is 2.66. The van der Waals surface area contributed by atoms with E-state index in [1.165, 1.54) is 28.7 Å². The normalized spacial score (nSPS) is 10.4. The van der Waals surface area contributed by atoms with Crippen LogP contribution in [0.25, 0.3) is 0 Å². The second-order valence-electron chi connectivity index (χ2n) is 5.75. The molecule has 0 saturated heterocycles. The maximum Gasteiger partial charge on any atom is 0.234 e. The summed E-state index contributed by atoms with van der Waals surface area (Å²) < 4.78 is 6.03. The number of carbonyl (C=O) groups is 1. The predicted molar refractivity (Wildman–Crippen MR) is 111 cm³/mol. The van der Waals surface area contributed by atoms with Crippen LogP contribution >= 0.6 is 23.1 Å². The van der Waals surface area contributed by atoms with Gasteiger partial charge in [0.1, 0.15) is 5.75 Å². The fourth-order valence-corrected chi connectivity index (χ4v) is 3.89. The van der Waals surface area contributed by atoms with Gasteiger partial charge in [-0.3, -0.25) is 4.79 Å². The Morgan fingerprint density at radius 3 is 2.78 bits per heavy atom. The first-order valence-electron chi connectivity index (χ1n) is 8.32. The van der Waals surface area contributed by atoms with Gasteiger partial charge in [-0.25, -0.2) is 0 Å². The molecule has 3 aromatic rings. The van der Waals surface area contributed by atoms with Crippen LogP contribution in [0.5, 0.6) is 5.75 Å². The maximum absolute atomic E-state index is 12.2. The highest BCUT2D eigenvalue weighted by molar-refractivity contribution is 8.01. The Morgan fingerprint density at radius 2 is 2.00 bits per heavy atom. The Hall–Kier alpha value is -2.58. The van der Waals surface area contributed by atoms with Gasteiger partial charge in [0.2, 0.25) is 11.0 Å². The number of nitrogens with one attached hydrogen (secondary N) is 2. The Labute approximate surface area is 166 Å². The molecule has 1 heterocycles. The fraction of sp³-hybridized carbons (Fsp3) is 0.211. The quantitative estimate of drug-likeness (QED) is 0.552. The minimum Gasteiger partial charge on any atom is -0.495 e. The van der Waals surface area contributed by atoms with E-state index in [2.05, 4.69) is 20.8 Å². The number of aryl methyl sites for hydroxylation is 1. The second-order valence-corrected chi connectivity index (χ2v) is 7.95. The van der Waals surface area contributed by atoms with Crippen LogP contribution in [0.3, 0.4) is 0 Å². The predicted octanol–water partition coefficient (Wildman–Crippen LogP) is 4.20. The second kappa shape index (κ2) is 9.38. The molecule has 0 aliphatic carbocycles. The summed E-state index contributed by atoms with van der Waals surface area (Å²) in [7, 11) is 1.58. The number of ether oxygens (including phenoxy) is 1. The molecule has 1 aromatic heterocycles. The van der Waals surface area contributed by atoms with Crippen molar-refractivity contribution in [3.05, 3.63) is 59.7 Å². The van der Waals surface area contributed by atoms with Gasteiger partial charge < -0.3 is 15.4 Å². The molecule has 6 nitrogen and oxygen atoms in total. The van der Waals surface area contributed by atoms with E-state index in [4.69, 9.17) is 4.74 Å². The Balaban J connectivity index is 1.49. The van der Waals surface area contributed by atoms with Crippen molar-refractivity contribution in [1.82, 2.24) is 10.2 Å². The zero-order valence-corrected chi connectivity index (χ0v) is 16.7. The first kappa shape index (κ1) is 19.2. The molecule has 0 spiro atoms. The third-order valence-corrected chi connectivity index (χ3v) is 5.66. The van der Waals surface area contributed by atoms with E-state index in [0.29, 0.717) is 18.0 Å². The summed E-state index contributed by atoms with van der Waals surface area (Å²) in [5.74, 6) is 0.782. The number of hydrogen-bond donors (Lipinski definition) is 2. The molecule has 0 bridgehead atoms. The molecular formula is C19H20N4O2S2.